The maximum absolute atomic E-state index is 12.0. The third-order valence-electron chi connectivity index (χ3n) is 3.37. The van der Waals surface area contributed by atoms with Crippen LogP contribution in [0.25, 0.3) is 0 Å². The minimum atomic E-state index is -0.144. The first-order chi connectivity index (χ1) is 8.54. The van der Waals surface area contributed by atoms with Gasteiger partial charge >= 0.3 is 0 Å². The van der Waals surface area contributed by atoms with Crippen molar-refractivity contribution < 1.29 is 4.79 Å². The normalized spacial score (nSPS) is 15.8. The number of benzene rings is 1. The molecular formula is C15H24N2O. The van der Waals surface area contributed by atoms with Gasteiger partial charge in [-0.05, 0) is 25.3 Å². The summed E-state index contributed by atoms with van der Waals surface area (Å²) in [6.45, 7) is 5.82. The van der Waals surface area contributed by atoms with E-state index in [0.717, 1.165) is 12.8 Å². The molecule has 0 aliphatic carbocycles. The van der Waals surface area contributed by atoms with E-state index < -0.39 is 0 Å². The topological polar surface area (TPSA) is 55.1 Å². The van der Waals surface area contributed by atoms with Crippen LogP contribution in [0.15, 0.2) is 30.3 Å². The average Bonchev–Trinajstić information content (AvgIpc) is 2.37. The standard InChI is InChI=1S/C15H24N2O/c1-4-14(10-13-8-6-5-7-9-13)17-15(18)11(2)12(3)16/h5-9,11-12,14H,4,10,16H2,1-3H3,(H,17,18). The van der Waals surface area contributed by atoms with E-state index in [-0.39, 0.29) is 23.9 Å². The molecule has 0 fully saturated rings. The third kappa shape index (κ3) is 4.49. The van der Waals surface area contributed by atoms with E-state index in [1.165, 1.54) is 5.56 Å². The van der Waals surface area contributed by atoms with Gasteiger partial charge in [0.25, 0.3) is 0 Å². The van der Waals surface area contributed by atoms with E-state index in [2.05, 4.69) is 24.4 Å². The Morgan fingerprint density at radius 3 is 2.39 bits per heavy atom. The summed E-state index contributed by atoms with van der Waals surface area (Å²) in [6, 6.07) is 10.3. The smallest absolute Gasteiger partial charge is 0.224 e. The molecule has 1 aromatic rings. The van der Waals surface area contributed by atoms with Crippen molar-refractivity contribution in [3.63, 3.8) is 0 Å². The number of carbonyl (C=O) groups is 1. The Labute approximate surface area is 110 Å². The highest BCUT2D eigenvalue weighted by atomic mass is 16.1. The zero-order valence-electron chi connectivity index (χ0n) is 11.5. The molecule has 0 saturated heterocycles. The summed E-state index contributed by atoms with van der Waals surface area (Å²) >= 11 is 0. The van der Waals surface area contributed by atoms with Crippen molar-refractivity contribution >= 4 is 5.91 Å². The van der Waals surface area contributed by atoms with Crippen LogP contribution in [0.2, 0.25) is 0 Å². The van der Waals surface area contributed by atoms with Crippen LogP contribution in [0.5, 0.6) is 0 Å². The number of nitrogens with two attached hydrogens (primary N) is 1. The van der Waals surface area contributed by atoms with Crippen molar-refractivity contribution in [3.8, 4) is 0 Å². The van der Waals surface area contributed by atoms with Gasteiger partial charge in [-0.1, -0.05) is 44.2 Å². The second-order valence-corrected chi connectivity index (χ2v) is 4.95. The Kier molecular flexibility index (Phi) is 5.86. The molecular weight excluding hydrogens is 224 g/mol. The molecule has 100 valence electrons. The zero-order valence-corrected chi connectivity index (χ0v) is 11.5. The zero-order chi connectivity index (χ0) is 13.5. The SMILES string of the molecule is CCC(Cc1ccccc1)NC(=O)C(C)C(C)N. The molecule has 0 radical (unpaired) electrons. The number of rotatable bonds is 6. The van der Waals surface area contributed by atoms with Crippen LogP contribution in [-0.2, 0) is 11.2 Å². The summed E-state index contributed by atoms with van der Waals surface area (Å²) in [6.07, 6.45) is 1.79. The Balaban J connectivity index is 2.55. The minimum absolute atomic E-state index is 0.0489. The molecule has 3 unspecified atom stereocenters. The van der Waals surface area contributed by atoms with Crippen molar-refractivity contribution in [2.75, 3.05) is 0 Å². The van der Waals surface area contributed by atoms with Crippen molar-refractivity contribution in [1.29, 1.82) is 0 Å². The first-order valence-electron chi connectivity index (χ1n) is 6.64. The van der Waals surface area contributed by atoms with Gasteiger partial charge in [0.15, 0.2) is 0 Å². The van der Waals surface area contributed by atoms with Crippen LogP contribution in [-0.4, -0.2) is 18.0 Å². The summed E-state index contributed by atoms with van der Waals surface area (Å²) in [5.74, 6) is -0.0948. The Morgan fingerprint density at radius 1 is 1.28 bits per heavy atom. The lowest BCUT2D eigenvalue weighted by Gasteiger charge is -2.21. The number of hydrogen-bond donors (Lipinski definition) is 2. The summed E-state index contributed by atoms with van der Waals surface area (Å²) in [5.41, 5.74) is 6.99. The third-order valence-corrected chi connectivity index (χ3v) is 3.37. The van der Waals surface area contributed by atoms with E-state index in [9.17, 15) is 4.79 Å². The van der Waals surface area contributed by atoms with Crippen molar-refractivity contribution in [2.24, 2.45) is 11.7 Å². The molecule has 0 heterocycles. The quantitative estimate of drug-likeness (QED) is 0.810. The van der Waals surface area contributed by atoms with E-state index in [1.807, 2.05) is 32.0 Å². The maximum atomic E-state index is 12.0. The number of amides is 1. The highest BCUT2D eigenvalue weighted by molar-refractivity contribution is 5.79. The predicted octanol–water partition coefficient (Wildman–Crippen LogP) is 2.11. The van der Waals surface area contributed by atoms with Gasteiger partial charge in [-0.2, -0.15) is 0 Å². The van der Waals surface area contributed by atoms with Gasteiger partial charge in [0, 0.05) is 18.0 Å². The molecule has 0 saturated carbocycles. The van der Waals surface area contributed by atoms with Crippen LogP contribution in [0.4, 0.5) is 0 Å². The van der Waals surface area contributed by atoms with Crippen LogP contribution in [0, 0.1) is 5.92 Å². The highest BCUT2D eigenvalue weighted by Gasteiger charge is 2.19. The molecule has 1 rings (SSSR count). The van der Waals surface area contributed by atoms with E-state index in [0.29, 0.717) is 0 Å². The lowest BCUT2D eigenvalue weighted by atomic mass is 10.0. The second-order valence-electron chi connectivity index (χ2n) is 4.95. The van der Waals surface area contributed by atoms with Gasteiger partial charge in [0.05, 0.1) is 0 Å². The lowest BCUT2D eigenvalue weighted by Crippen LogP contribution is -2.43. The highest BCUT2D eigenvalue weighted by Crippen LogP contribution is 2.07. The van der Waals surface area contributed by atoms with Crippen molar-refractivity contribution in [2.45, 2.75) is 45.7 Å². The lowest BCUT2D eigenvalue weighted by molar-refractivity contribution is -0.125. The van der Waals surface area contributed by atoms with Crippen LogP contribution in [0.3, 0.4) is 0 Å². The molecule has 3 atom stereocenters. The summed E-state index contributed by atoms with van der Waals surface area (Å²) in [7, 11) is 0. The molecule has 3 N–H and O–H groups in total. The fraction of sp³-hybridized carbons (Fsp3) is 0.533. The summed E-state index contributed by atoms with van der Waals surface area (Å²) in [5, 5.41) is 3.08. The molecule has 0 aromatic heterocycles. The largest absolute Gasteiger partial charge is 0.353 e. The molecule has 0 bridgehead atoms. The maximum Gasteiger partial charge on any atom is 0.224 e. The molecule has 0 aliphatic rings. The molecule has 0 aliphatic heterocycles. The summed E-state index contributed by atoms with van der Waals surface area (Å²) in [4.78, 5) is 12.0. The number of hydrogen-bond acceptors (Lipinski definition) is 2. The van der Waals surface area contributed by atoms with Gasteiger partial charge in [0.2, 0.25) is 5.91 Å². The van der Waals surface area contributed by atoms with Crippen molar-refractivity contribution in [1.82, 2.24) is 5.32 Å². The summed E-state index contributed by atoms with van der Waals surface area (Å²) < 4.78 is 0. The van der Waals surface area contributed by atoms with E-state index >= 15 is 0 Å². The predicted molar refractivity (Wildman–Crippen MR) is 75.2 cm³/mol. The van der Waals surface area contributed by atoms with Gasteiger partial charge in [0.1, 0.15) is 0 Å². The van der Waals surface area contributed by atoms with Crippen LogP contribution >= 0.6 is 0 Å². The number of nitrogens with one attached hydrogen (secondary N) is 1. The van der Waals surface area contributed by atoms with Crippen LogP contribution in [0.1, 0.15) is 32.8 Å². The van der Waals surface area contributed by atoms with Gasteiger partial charge in [-0.25, -0.2) is 0 Å². The van der Waals surface area contributed by atoms with Crippen molar-refractivity contribution in [3.05, 3.63) is 35.9 Å². The van der Waals surface area contributed by atoms with Gasteiger partial charge in [-0.15, -0.1) is 0 Å². The van der Waals surface area contributed by atoms with Crippen LogP contribution < -0.4 is 11.1 Å². The van der Waals surface area contributed by atoms with E-state index in [4.69, 9.17) is 5.73 Å². The molecule has 18 heavy (non-hydrogen) atoms. The Morgan fingerprint density at radius 2 is 1.89 bits per heavy atom. The molecule has 3 nitrogen and oxygen atoms in total. The van der Waals surface area contributed by atoms with E-state index in [1.54, 1.807) is 0 Å². The van der Waals surface area contributed by atoms with Gasteiger partial charge < -0.3 is 11.1 Å². The first kappa shape index (κ1) is 14.7. The molecule has 0 spiro atoms. The average molecular weight is 248 g/mol. The fourth-order valence-electron chi connectivity index (χ4n) is 1.77. The fourth-order valence-corrected chi connectivity index (χ4v) is 1.77. The second kappa shape index (κ2) is 7.17. The Bertz CT molecular complexity index is 362. The first-order valence-corrected chi connectivity index (χ1v) is 6.64. The minimum Gasteiger partial charge on any atom is -0.353 e. The van der Waals surface area contributed by atoms with Gasteiger partial charge in [-0.3, -0.25) is 4.79 Å². The monoisotopic (exact) mass is 248 g/mol. The molecule has 1 aromatic carbocycles. The number of carbonyl (C=O) groups excluding carboxylic acids is 1. The molecule has 1 amide bonds. The molecule has 3 heteroatoms. The Hall–Kier alpha value is -1.35.